The van der Waals surface area contributed by atoms with Crippen molar-refractivity contribution in [3.63, 3.8) is 0 Å². The molecule has 1 aliphatic rings. The van der Waals surface area contributed by atoms with Crippen LogP contribution in [0.4, 0.5) is 14.5 Å². The fourth-order valence-electron chi connectivity index (χ4n) is 2.55. The van der Waals surface area contributed by atoms with Crippen molar-refractivity contribution in [3.05, 3.63) is 65.2 Å². The number of hydrogen-bond acceptors (Lipinski definition) is 1. The van der Waals surface area contributed by atoms with Gasteiger partial charge in [0.05, 0.1) is 6.42 Å². The fraction of sp³-hybridized carbons (Fsp3) is 0.188. The van der Waals surface area contributed by atoms with Crippen LogP contribution in [-0.2, 0) is 17.6 Å². The van der Waals surface area contributed by atoms with Gasteiger partial charge < -0.3 is 4.90 Å². The van der Waals surface area contributed by atoms with E-state index in [1.165, 1.54) is 24.3 Å². The van der Waals surface area contributed by atoms with Crippen LogP contribution in [0, 0.1) is 11.6 Å². The molecule has 20 heavy (non-hydrogen) atoms. The Kier molecular flexibility index (Phi) is 3.22. The van der Waals surface area contributed by atoms with Crippen molar-refractivity contribution >= 4 is 11.6 Å². The Bertz CT molecular complexity index is 669. The topological polar surface area (TPSA) is 20.3 Å². The van der Waals surface area contributed by atoms with E-state index in [2.05, 4.69) is 0 Å². The van der Waals surface area contributed by atoms with Crippen molar-refractivity contribution in [1.82, 2.24) is 0 Å². The number of carbonyl (C=O) groups excluding carboxylic acids is 1. The van der Waals surface area contributed by atoms with E-state index in [9.17, 15) is 13.6 Å². The Balaban J connectivity index is 1.80. The highest BCUT2D eigenvalue weighted by molar-refractivity contribution is 5.96. The van der Waals surface area contributed by atoms with Gasteiger partial charge in [0, 0.05) is 12.2 Å². The average Bonchev–Trinajstić information content (AvgIpc) is 2.81. The first kappa shape index (κ1) is 12.8. The zero-order valence-corrected chi connectivity index (χ0v) is 10.8. The fourth-order valence-corrected chi connectivity index (χ4v) is 2.55. The monoisotopic (exact) mass is 273 g/mol. The third kappa shape index (κ3) is 2.41. The summed E-state index contributed by atoms with van der Waals surface area (Å²) in [4.78, 5) is 13.9. The highest BCUT2D eigenvalue weighted by Crippen LogP contribution is 2.29. The maximum absolute atomic E-state index is 13.1. The molecule has 0 saturated heterocycles. The molecule has 0 radical (unpaired) electrons. The van der Waals surface area contributed by atoms with Crippen LogP contribution in [0.5, 0.6) is 0 Å². The lowest BCUT2D eigenvalue weighted by atomic mass is 10.1. The van der Waals surface area contributed by atoms with E-state index >= 15 is 0 Å². The second kappa shape index (κ2) is 5.04. The smallest absolute Gasteiger partial charge is 0.231 e. The van der Waals surface area contributed by atoms with Crippen molar-refractivity contribution in [1.29, 1.82) is 0 Å². The Morgan fingerprint density at radius 2 is 1.90 bits per heavy atom. The summed E-state index contributed by atoms with van der Waals surface area (Å²) >= 11 is 0. The van der Waals surface area contributed by atoms with Crippen molar-refractivity contribution in [3.8, 4) is 0 Å². The normalized spacial score (nSPS) is 13.4. The van der Waals surface area contributed by atoms with Crippen LogP contribution < -0.4 is 4.90 Å². The van der Waals surface area contributed by atoms with E-state index < -0.39 is 0 Å². The van der Waals surface area contributed by atoms with Crippen LogP contribution in [0.15, 0.2) is 42.5 Å². The van der Waals surface area contributed by atoms with Crippen LogP contribution in [0.3, 0.4) is 0 Å². The summed E-state index contributed by atoms with van der Waals surface area (Å²) in [5.41, 5.74) is 2.25. The number of fused-ring (bicyclic) bond motifs is 1. The maximum Gasteiger partial charge on any atom is 0.231 e. The van der Waals surface area contributed by atoms with E-state index in [4.69, 9.17) is 0 Å². The lowest BCUT2D eigenvalue weighted by molar-refractivity contribution is -0.117. The van der Waals surface area contributed by atoms with Gasteiger partial charge in [0.25, 0.3) is 0 Å². The van der Waals surface area contributed by atoms with E-state index in [1.807, 2.05) is 0 Å². The number of carbonyl (C=O) groups is 1. The first-order chi connectivity index (χ1) is 9.63. The van der Waals surface area contributed by atoms with Gasteiger partial charge in [-0.1, -0.05) is 12.1 Å². The molecule has 4 heteroatoms. The third-order valence-corrected chi connectivity index (χ3v) is 3.48. The van der Waals surface area contributed by atoms with Crippen molar-refractivity contribution in [2.45, 2.75) is 12.8 Å². The predicted octanol–water partition coefficient (Wildman–Crippen LogP) is 3.10. The van der Waals surface area contributed by atoms with Crippen LogP contribution in [0.1, 0.15) is 11.1 Å². The van der Waals surface area contributed by atoms with E-state index in [1.54, 1.807) is 23.1 Å². The van der Waals surface area contributed by atoms with Gasteiger partial charge in [0.1, 0.15) is 11.6 Å². The lowest BCUT2D eigenvalue weighted by Gasteiger charge is -2.17. The van der Waals surface area contributed by atoms with Gasteiger partial charge in [0.15, 0.2) is 0 Å². The molecule has 0 saturated carbocycles. The number of anilines is 1. The summed E-state index contributed by atoms with van der Waals surface area (Å²) in [6.45, 7) is 0.549. The summed E-state index contributed by atoms with van der Waals surface area (Å²) in [7, 11) is 0. The van der Waals surface area contributed by atoms with E-state index in [0.29, 0.717) is 18.5 Å². The number of nitrogens with zero attached hydrogens (tertiary/aromatic N) is 1. The minimum absolute atomic E-state index is 0.0963. The molecule has 0 atom stereocenters. The van der Waals surface area contributed by atoms with E-state index in [0.717, 1.165) is 11.3 Å². The quantitative estimate of drug-likeness (QED) is 0.823. The van der Waals surface area contributed by atoms with Crippen LogP contribution in [0.25, 0.3) is 0 Å². The third-order valence-electron chi connectivity index (χ3n) is 3.48. The molecule has 1 aliphatic heterocycles. The summed E-state index contributed by atoms with van der Waals surface area (Å²) in [5.74, 6) is -0.733. The summed E-state index contributed by atoms with van der Waals surface area (Å²) < 4.78 is 26.2. The number of halogens is 2. The molecule has 0 bridgehead atoms. The SMILES string of the molecule is O=C(Cc1cccc(F)c1)N1CCc2cc(F)ccc21. The highest BCUT2D eigenvalue weighted by atomic mass is 19.1. The molecule has 0 aromatic heterocycles. The van der Waals surface area contributed by atoms with Gasteiger partial charge in [-0.05, 0) is 47.9 Å². The molecule has 0 aliphatic carbocycles. The molecule has 2 aromatic carbocycles. The predicted molar refractivity (Wildman–Crippen MR) is 72.6 cm³/mol. The lowest BCUT2D eigenvalue weighted by Crippen LogP contribution is -2.30. The van der Waals surface area contributed by atoms with Crippen LogP contribution >= 0.6 is 0 Å². The highest BCUT2D eigenvalue weighted by Gasteiger charge is 2.24. The molecule has 2 nitrogen and oxygen atoms in total. The Morgan fingerprint density at radius 3 is 2.70 bits per heavy atom. The minimum Gasteiger partial charge on any atom is -0.312 e. The number of benzene rings is 2. The van der Waals surface area contributed by atoms with Crippen molar-refractivity contribution in [2.24, 2.45) is 0 Å². The molecule has 1 amide bonds. The number of hydrogen-bond donors (Lipinski definition) is 0. The zero-order chi connectivity index (χ0) is 14.1. The van der Waals surface area contributed by atoms with Crippen LogP contribution in [-0.4, -0.2) is 12.5 Å². The molecular weight excluding hydrogens is 260 g/mol. The summed E-state index contributed by atoms with van der Waals surface area (Å²) in [6, 6.07) is 10.5. The number of amides is 1. The molecule has 3 rings (SSSR count). The molecule has 1 heterocycles. The Morgan fingerprint density at radius 1 is 1.10 bits per heavy atom. The summed E-state index contributed by atoms with van der Waals surface area (Å²) in [6.07, 6.45) is 0.802. The van der Waals surface area contributed by atoms with Crippen LogP contribution in [0.2, 0.25) is 0 Å². The molecule has 0 N–H and O–H groups in total. The number of rotatable bonds is 2. The molecule has 102 valence electrons. The Hall–Kier alpha value is -2.23. The van der Waals surface area contributed by atoms with E-state index in [-0.39, 0.29) is 24.0 Å². The molecule has 0 spiro atoms. The van der Waals surface area contributed by atoms with Crippen molar-refractivity contribution < 1.29 is 13.6 Å². The summed E-state index contributed by atoms with van der Waals surface area (Å²) in [5, 5.41) is 0. The molecule has 0 unspecified atom stereocenters. The average molecular weight is 273 g/mol. The first-order valence-electron chi connectivity index (χ1n) is 6.47. The van der Waals surface area contributed by atoms with Gasteiger partial charge >= 0.3 is 0 Å². The zero-order valence-electron chi connectivity index (χ0n) is 10.8. The standard InChI is InChI=1S/C16H13F2NO/c17-13-3-1-2-11(8-13)9-16(20)19-7-6-12-10-14(18)4-5-15(12)19/h1-5,8,10H,6-7,9H2. The van der Waals surface area contributed by atoms with Gasteiger partial charge in [-0.2, -0.15) is 0 Å². The van der Waals surface area contributed by atoms with Gasteiger partial charge in [-0.15, -0.1) is 0 Å². The van der Waals surface area contributed by atoms with Gasteiger partial charge in [-0.25, -0.2) is 8.78 Å². The largest absolute Gasteiger partial charge is 0.312 e. The minimum atomic E-state index is -0.348. The second-order valence-electron chi connectivity index (χ2n) is 4.88. The van der Waals surface area contributed by atoms with Crippen molar-refractivity contribution in [2.75, 3.05) is 11.4 Å². The molecular formula is C16H13F2NO. The first-order valence-corrected chi connectivity index (χ1v) is 6.47. The van der Waals surface area contributed by atoms with Gasteiger partial charge in [0.2, 0.25) is 5.91 Å². The Labute approximate surface area is 115 Å². The molecule has 2 aromatic rings. The maximum atomic E-state index is 13.1. The van der Waals surface area contributed by atoms with Gasteiger partial charge in [-0.3, -0.25) is 4.79 Å². The second-order valence-corrected chi connectivity index (χ2v) is 4.88. The molecule has 0 fully saturated rings.